The molecule has 2 atom stereocenters. The number of hydrogen-bond donors (Lipinski definition) is 3. The molecule has 0 saturated carbocycles. The molecule has 7 nitrogen and oxygen atoms in total. The first-order valence-electron chi connectivity index (χ1n) is 11.9. The van der Waals surface area contributed by atoms with Gasteiger partial charge in [0.15, 0.2) is 0 Å². The highest BCUT2D eigenvalue weighted by molar-refractivity contribution is 9.10. The molecule has 8 heteroatoms. The summed E-state index contributed by atoms with van der Waals surface area (Å²) < 4.78 is 0.914. The van der Waals surface area contributed by atoms with Gasteiger partial charge >= 0.3 is 6.09 Å². The smallest absolute Gasteiger partial charge is 0.408 e. The predicted octanol–water partition coefficient (Wildman–Crippen LogP) is 6.29. The van der Waals surface area contributed by atoms with Crippen LogP contribution in [0.3, 0.4) is 0 Å². The number of nitrogens with one attached hydrogen (secondary N) is 2. The number of pyridine rings is 1. The lowest BCUT2D eigenvalue weighted by molar-refractivity contribution is 0.0648. The van der Waals surface area contributed by atoms with Gasteiger partial charge in [0.25, 0.3) is 0 Å². The zero-order valence-electron chi connectivity index (χ0n) is 20.3. The number of amides is 1. The van der Waals surface area contributed by atoms with Gasteiger partial charge in [-0.25, -0.2) is 9.78 Å². The molecule has 3 heterocycles. The van der Waals surface area contributed by atoms with E-state index in [1.165, 1.54) is 5.56 Å². The Hall–Kier alpha value is -2.74. The lowest BCUT2D eigenvalue weighted by Gasteiger charge is -2.45. The molecule has 1 amide bonds. The van der Waals surface area contributed by atoms with Crippen LogP contribution in [0.4, 0.5) is 16.2 Å². The van der Waals surface area contributed by atoms with E-state index in [4.69, 9.17) is 0 Å². The van der Waals surface area contributed by atoms with E-state index < -0.39 is 11.6 Å². The van der Waals surface area contributed by atoms with E-state index in [0.29, 0.717) is 12.5 Å². The second-order valence-electron chi connectivity index (χ2n) is 10.1. The number of carboxylic acid groups (broad SMARTS) is 1. The topological polar surface area (TPSA) is 84.5 Å². The summed E-state index contributed by atoms with van der Waals surface area (Å²) in [6.07, 6.45) is 4.73. The lowest BCUT2D eigenvalue weighted by atomic mass is 9.97. The van der Waals surface area contributed by atoms with Gasteiger partial charge in [-0.05, 0) is 61.0 Å². The fourth-order valence-electron chi connectivity index (χ4n) is 5.03. The van der Waals surface area contributed by atoms with Gasteiger partial charge in [0.2, 0.25) is 0 Å². The first-order valence-corrected chi connectivity index (χ1v) is 12.7. The molecule has 4 rings (SSSR count). The number of hydrogen-bond acceptors (Lipinski definition) is 4. The first-order chi connectivity index (χ1) is 16.2. The number of aromatic nitrogens is 2. The summed E-state index contributed by atoms with van der Waals surface area (Å²) in [5, 5.41) is 14.6. The number of H-pyrrole nitrogens is 1. The van der Waals surface area contributed by atoms with Crippen molar-refractivity contribution in [1.82, 2.24) is 14.9 Å². The van der Waals surface area contributed by atoms with Crippen molar-refractivity contribution in [3.63, 3.8) is 0 Å². The number of fused-ring (bicyclic) bond motifs is 1. The predicted molar refractivity (Wildman–Crippen MR) is 142 cm³/mol. The third kappa shape index (κ3) is 5.02. The van der Waals surface area contributed by atoms with Crippen LogP contribution in [0.5, 0.6) is 0 Å². The van der Waals surface area contributed by atoms with Gasteiger partial charge in [0.1, 0.15) is 5.65 Å². The van der Waals surface area contributed by atoms with E-state index in [2.05, 4.69) is 67.3 Å². The van der Waals surface area contributed by atoms with Crippen molar-refractivity contribution in [3.05, 3.63) is 52.8 Å². The highest BCUT2D eigenvalue weighted by Gasteiger charge is 2.36. The van der Waals surface area contributed by atoms with Crippen molar-refractivity contribution in [2.45, 2.75) is 58.0 Å². The highest BCUT2D eigenvalue weighted by atomic mass is 79.9. The molecular formula is C26H34BrN5O2. The van der Waals surface area contributed by atoms with Crippen LogP contribution in [0.15, 0.2) is 47.2 Å². The Morgan fingerprint density at radius 1 is 1.35 bits per heavy atom. The average Bonchev–Trinajstić information content (AvgIpc) is 3.20. The van der Waals surface area contributed by atoms with Crippen molar-refractivity contribution < 1.29 is 9.90 Å². The van der Waals surface area contributed by atoms with E-state index in [-0.39, 0.29) is 6.04 Å². The highest BCUT2D eigenvalue weighted by Crippen LogP contribution is 2.40. The SMILES string of the molecule is CC(CNc1c[nH]c2ncc(Br)c(N3CCC[C@@H](N(C(=O)O)C(C)(C)C)C3)c12)c1ccccc1. The third-order valence-electron chi connectivity index (χ3n) is 6.60. The van der Waals surface area contributed by atoms with Gasteiger partial charge in [-0.2, -0.15) is 0 Å². The van der Waals surface area contributed by atoms with Gasteiger partial charge < -0.3 is 20.3 Å². The molecule has 1 aliphatic rings. The standard InChI is InChI=1S/C26H34BrN5O2/c1-17(18-9-6-5-7-10-18)13-28-21-15-30-24-22(21)23(20(27)14-29-24)31-12-8-11-19(16-31)32(25(33)34)26(2,3)4/h5-7,9-10,14-15,17,19,28H,8,11-13,16H2,1-4H3,(H,29,30)(H,33,34)/t17?,19-/m1/s1. The average molecular weight is 528 g/mol. The van der Waals surface area contributed by atoms with Gasteiger partial charge in [-0.15, -0.1) is 0 Å². The molecule has 1 unspecified atom stereocenters. The van der Waals surface area contributed by atoms with Gasteiger partial charge in [0, 0.05) is 37.6 Å². The summed E-state index contributed by atoms with van der Waals surface area (Å²) in [4.78, 5) is 23.9. The molecule has 1 aromatic carbocycles. The van der Waals surface area contributed by atoms with Crippen LogP contribution in [-0.4, -0.2) is 57.3 Å². The maximum absolute atomic E-state index is 12.1. The van der Waals surface area contributed by atoms with Crippen LogP contribution < -0.4 is 10.2 Å². The Morgan fingerprint density at radius 3 is 2.76 bits per heavy atom. The zero-order chi connectivity index (χ0) is 24.5. The fraction of sp³-hybridized carbons (Fsp3) is 0.462. The van der Waals surface area contributed by atoms with Crippen LogP contribution in [0.1, 0.15) is 52.0 Å². The van der Waals surface area contributed by atoms with Crippen molar-refractivity contribution in [1.29, 1.82) is 0 Å². The molecule has 1 aliphatic heterocycles. The normalized spacial score (nSPS) is 17.6. The molecule has 1 saturated heterocycles. The van der Waals surface area contributed by atoms with E-state index in [1.54, 1.807) is 4.90 Å². The van der Waals surface area contributed by atoms with Gasteiger partial charge in [0.05, 0.1) is 27.3 Å². The Labute approximate surface area is 209 Å². The number of anilines is 2. The summed E-state index contributed by atoms with van der Waals surface area (Å²) in [5.41, 5.74) is 3.73. The quantitative estimate of drug-likeness (QED) is 0.350. The number of carbonyl (C=O) groups is 1. The number of piperidine rings is 1. The zero-order valence-corrected chi connectivity index (χ0v) is 21.9. The second-order valence-corrected chi connectivity index (χ2v) is 11.0. The number of halogens is 1. The maximum atomic E-state index is 12.1. The first kappa shape index (κ1) is 24.4. The fourth-order valence-corrected chi connectivity index (χ4v) is 5.58. The molecule has 0 radical (unpaired) electrons. The van der Waals surface area contributed by atoms with Gasteiger partial charge in [-0.3, -0.25) is 4.90 Å². The van der Waals surface area contributed by atoms with Crippen molar-refractivity contribution in [2.75, 3.05) is 29.9 Å². The summed E-state index contributed by atoms with van der Waals surface area (Å²) in [6, 6.07) is 10.4. The molecule has 1 fully saturated rings. The van der Waals surface area contributed by atoms with Crippen LogP contribution in [-0.2, 0) is 0 Å². The second kappa shape index (κ2) is 9.86. The van der Waals surface area contributed by atoms with Crippen molar-refractivity contribution in [3.8, 4) is 0 Å². The third-order valence-corrected chi connectivity index (χ3v) is 7.18. The Bertz CT molecular complexity index is 1140. The van der Waals surface area contributed by atoms with E-state index in [0.717, 1.165) is 52.8 Å². The summed E-state index contributed by atoms with van der Waals surface area (Å²) in [7, 11) is 0. The number of aromatic amines is 1. The van der Waals surface area contributed by atoms with Crippen LogP contribution in [0.2, 0.25) is 0 Å². The van der Waals surface area contributed by atoms with E-state index in [1.807, 2.05) is 39.2 Å². The molecule has 3 N–H and O–H groups in total. The van der Waals surface area contributed by atoms with Crippen LogP contribution >= 0.6 is 15.9 Å². The minimum Gasteiger partial charge on any atom is -0.465 e. The number of nitrogens with zero attached hydrogens (tertiary/aromatic N) is 3. The maximum Gasteiger partial charge on any atom is 0.408 e. The Balaban J connectivity index is 1.63. The molecule has 0 bridgehead atoms. The summed E-state index contributed by atoms with van der Waals surface area (Å²) in [6.45, 7) is 10.4. The minimum absolute atomic E-state index is 0.0742. The summed E-state index contributed by atoms with van der Waals surface area (Å²) in [5.74, 6) is 0.352. The molecule has 3 aromatic rings. The monoisotopic (exact) mass is 527 g/mol. The van der Waals surface area contributed by atoms with Crippen molar-refractivity contribution >= 4 is 44.4 Å². The van der Waals surface area contributed by atoms with Crippen molar-refractivity contribution in [2.24, 2.45) is 0 Å². The Kier molecular flexibility index (Phi) is 7.07. The molecule has 34 heavy (non-hydrogen) atoms. The summed E-state index contributed by atoms with van der Waals surface area (Å²) >= 11 is 3.74. The molecule has 0 aliphatic carbocycles. The Morgan fingerprint density at radius 2 is 2.09 bits per heavy atom. The largest absolute Gasteiger partial charge is 0.465 e. The molecular weight excluding hydrogens is 494 g/mol. The molecule has 182 valence electrons. The van der Waals surface area contributed by atoms with E-state index >= 15 is 0 Å². The lowest BCUT2D eigenvalue weighted by Crippen LogP contribution is -2.56. The molecule has 2 aromatic heterocycles. The number of benzene rings is 1. The van der Waals surface area contributed by atoms with Crippen LogP contribution in [0.25, 0.3) is 11.0 Å². The van der Waals surface area contributed by atoms with E-state index in [9.17, 15) is 9.90 Å². The van der Waals surface area contributed by atoms with Crippen LogP contribution in [0, 0.1) is 0 Å². The molecule has 0 spiro atoms. The van der Waals surface area contributed by atoms with Gasteiger partial charge in [-0.1, -0.05) is 37.3 Å². The number of rotatable bonds is 6. The minimum atomic E-state index is -0.864.